The Morgan fingerprint density at radius 2 is 1.56 bits per heavy atom. The van der Waals surface area contributed by atoms with Gasteiger partial charge >= 0.3 is 5.69 Å². The van der Waals surface area contributed by atoms with E-state index in [-0.39, 0.29) is 11.7 Å². The van der Waals surface area contributed by atoms with Gasteiger partial charge in [-0.1, -0.05) is 60.7 Å². The molecule has 0 saturated carbocycles. The number of H-pyrrole nitrogens is 2. The SMILES string of the molecule is O=c1[nH]c2ccccc2n1C1CCN(CCC(c2ccccc2)c2c[nH]c3ccccc23)CC1. The second-order valence-corrected chi connectivity index (χ2v) is 9.43. The molecule has 2 aromatic heterocycles. The number of benzene rings is 3. The fourth-order valence-corrected chi connectivity index (χ4v) is 5.72. The quantitative estimate of drug-likeness (QED) is 0.350. The van der Waals surface area contributed by atoms with Crippen molar-refractivity contribution in [3.8, 4) is 0 Å². The first-order valence-corrected chi connectivity index (χ1v) is 12.3. The lowest BCUT2D eigenvalue weighted by Gasteiger charge is -2.33. The Morgan fingerprint density at radius 1 is 0.853 bits per heavy atom. The zero-order valence-electron chi connectivity index (χ0n) is 19.3. The molecule has 5 aromatic rings. The molecule has 172 valence electrons. The normalized spacial score (nSPS) is 16.4. The highest BCUT2D eigenvalue weighted by Gasteiger charge is 2.25. The van der Waals surface area contributed by atoms with E-state index < -0.39 is 0 Å². The molecule has 1 aliphatic heterocycles. The summed E-state index contributed by atoms with van der Waals surface area (Å²) in [4.78, 5) is 21.7. The smallest absolute Gasteiger partial charge is 0.326 e. The molecule has 1 aliphatic rings. The Balaban J connectivity index is 1.18. The van der Waals surface area contributed by atoms with Gasteiger partial charge in [0.15, 0.2) is 0 Å². The molecule has 0 radical (unpaired) electrons. The molecule has 1 fully saturated rings. The first kappa shape index (κ1) is 21.0. The van der Waals surface area contributed by atoms with Gasteiger partial charge in [0, 0.05) is 42.1 Å². The summed E-state index contributed by atoms with van der Waals surface area (Å²) in [6.07, 6.45) is 5.28. The Bertz CT molecular complexity index is 1450. The topological polar surface area (TPSA) is 56.8 Å². The van der Waals surface area contributed by atoms with Crippen LogP contribution in [0.1, 0.15) is 42.3 Å². The standard InChI is InChI=1S/C29H30N4O/c34-29-31-27-12-6-7-13-28(27)33(29)22-14-17-32(18-15-22)19-16-23(21-8-2-1-3-9-21)25-20-30-26-11-5-4-10-24(25)26/h1-13,20,22-23,30H,14-19H2,(H,31,34). The molecule has 0 aliphatic carbocycles. The Morgan fingerprint density at radius 3 is 2.38 bits per heavy atom. The van der Waals surface area contributed by atoms with Gasteiger partial charge in [0.05, 0.1) is 11.0 Å². The van der Waals surface area contributed by atoms with Gasteiger partial charge < -0.3 is 14.9 Å². The minimum atomic E-state index is 0.0168. The van der Waals surface area contributed by atoms with Crippen molar-refractivity contribution >= 4 is 21.9 Å². The maximum atomic E-state index is 12.6. The first-order valence-electron chi connectivity index (χ1n) is 12.3. The summed E-state index contributed by atoms with van der Waals surface area (Å²) in [6.45, 7) is 3.09. The van der Waals surface area contributed by atoms with Crippen molar-refractivity contribution in [3.63, 3.8) is 0 Å². The van der Waals surface area contributed by atoms with Gasteiger partial charge in [-0.05, 0) is 55.1 Å². The van der Waals surface area contributed by atoms with Crippen LogP contribution in [0.3, 0.4) is 0 Å². The third kappa shape index (κ3) is 3.86. The lowest BCUT2D eigenvalue weighted by Crippen LogP contribution is -2.37. The number of hydrogen-bond acceptors (Lipinski definition) is 2. The Kier molecular flexibility index (Phi) is 5.55. The minimum absolute atomic E-state index is 0.0168. The second-order valence-electron chi connectivity index (χ2n) is 9.43. The molecular weight excluding hydrogens is 420 g/mol. The van der Waals surface area contributed by atoms with Crippen LogP contribution in [0.5, 0.6) is 0 Å². The molecule has 6 rings (SSSR count). The molecule has 3 heterocycles. The summed E-state index contributed by atoms with van der Waals surface area (Å²) in [7, 11) is 0. The third-order valence-electron chi connectivity index (χ3n) is 7.48. The molecule has 0 spiro atoms. The van der Waals surface area contributed by atoms with Crippen molar-refractivity contribution in [3.05, 3.63) is 107 Å². The molecule has 3 aromatic carbocycles. The van der Waals surface area contributed by atoms with Gasteiger partial charge in [0.2, 0.25) is 0 Å². The summed E-state index contributed by atoms with van der Waals surface area (Å²) in [5, 5.41) is 1.31. The predicted molar refractivity (Wildman–Crippen MR) is 138 cm³/mol. The van der Waals surface area contributed by atoms with Crippen LogP contribution >= 0.6 is 0 Å². The Labute approximate surface area is 199 Å². The zero-order valence-corrected chi connectivity index (χ0v) is 19.3. The van der Waals surface area contributed by atoms with E-state index in [1.165, 1.54) is 22.0 Å². The van der Waals surface area contributed by atoms with Crippen molar-refractivity contribution in [1.29, 1.82) is 0 Å². The molecule has 1 unspecified atom stereocenters. The summed E-state index contributed by atoms with van der Waals surface area (Å²) >= 11 is 0. The monoisotopic (exact) mass is 450 g/mol. The van der Waals surface area contributed by atoms with E-state index in [9.17, 15) is 4.79 Å². The van der Waals surface area contributed by atoms with E-state index in [4.69, 9.17) is 0 Å². The number of imidazole rings is 1. The van der Waals surface area contributed by atoms with Crippen LogP contribution in [-0.4, -0.2) is 39.1 Å². The summed E-state index contributed by atoms with van der Waals surface area (Å²) < 4.78 is 1.98. The number of hydrogen-bond donors (Lipinski definition) is 2. The number of piperidine rings is 1. The molecule has 1 saturated heterocycles. The molecule has 5 nitrogen and oxygen atoms in total. The highest BCUT2D eigenvalue weighted by Crippen LogP contribution is 2.34. The fraction of sp³-hybridized carbons (Fsp3) is 0.276. The third-order valence-corrected chi connectivity index (χ3v) is 7.48. The van der Waals surface area contributed by atoms with Gasteiger partial charge in [-0.25, -0.2) is 4.79 Å². The van der Waals surface area contributed by atoms with Gasteiger partial charge in [-0.2, -0.15) is 0 Å². The summed E-state index contributed by atoms with van der Waals surface area (Å²) in [5.74, 6) is 0.353. The largest absolute Gasteiger partial charge is 0.361 e. The van der Waals surface area contributed by atoms with Crippen molar-refractivity contribution in [2.45, 2.75) is 31.2 Å². The van der Waals surface area contributed by atoms with Crippen LogP contribution in [0.25, 0.3) is 21.9 Å². The number of rotatable bonds is 6. The summed E-state index contributed by atoms with van der Waals surface area (Å²) in [5.41, 5.74) is 5.91. The van der Waals surface area contributed by atoms with Gasteiger partial charge in [0.1, 0.15) is 0 Å². The van der Waals surface area contributed by atoms with Crippen molar-refractivity contribution in [2.24, 2.45) is 0 Å². The van der Waals surface area contributed by atoms with Crippen molar-refractivity contribution < 1.29 is 0 Å². The summed E-state index contributed by atoms with van der Waals surface area (Å²) in [6, 6.07) is 27.7. The van der Waals surface area contributed by atoms with Gasteiger partial charge in [-0.15, -0.1) is 0 Å². The van der Waals surface area contributed by atoms with Crippen LogP contribution in [0.2, 0.25) is 0 Å². The van der Waals surface area contributed by atoms with Crippen molar-refractivity contribution in [1.82, 2.24) is 19.4 Å². The maximum Gasteiger partial charge on any atom is 0.326 e. The lowest BCUT2D eigenvalue weighted by atomic mass is 9.88. The van der Waals surface area contributed by atoms with Crippen LogP contribution in [0, 0.1) is 0 Å². The average molecular weight is 451 g/mol. The van der Waals surface area contributed by atoms with Crippen LogP contribution in [0.4, 0.5) is 0 Å². The zero-order chi connectivity index (χ0) is 22.9. The maximum absolute atomic E-state index is 12.6. The number of likely N-dealkylation sites (tertiary alicyclic amines) is 1. The highest BCUT2D eigenvalue weighted by atomic mass is 16.1. The molecule has 5 heteroatoms. The minimum Gasteiger partial charge on any atom is -0.361 e. The van der Waals surface area contributed by atoms with E-state index in [2.05, 4.69) is 75.7 Å². The number of nitrogens with one attached hydrogen (secondary N) is 2. The fourth-order valence-electron chi connectivity index (χ4n) is 5.72. The number of aromatic nitrogens is 3. The van der Waals surface area contributed by atoms with Gasteiger partial charge in [0.25, 0.3) is 0 Å². The molecule has 0 amide bonds. The first-order chi connectivity index (χ1) is 16.8. The Hall–Kier alpha value is -3.57. The molecule has 2 N–H and O–H groups in total. The molecular formula is C29H30N4O. The number of aromatic amines is 2. The predicted octanol–water partition coefficient (Wildman–Crippen LogP) is 5.67. The van der Waals surface area contributed by atoms with E-state index in [0.29, 0.717) is 5.92 Å². The van der Waals surface area contributed by atoms with Crippen LogP contribution in [0.15, 0.2) is 89.9 Å². The molecule has 34 heavy (non-hydrogen) atoms. The van der Waals surface area contributed by atoms with E-state index in [0.717, 1.165) is 49.9 Å². The molecule has 1 atom stereocenters. The second kappa shape index (κ2) is 8.99. The van der Waals surface area contributed by atoms with Crippen LogP contribution in [-0.2, 0) is 0 Å². The number of para-hydroxylation sites is 3. The van der Waals surface area contributed by atoms with Crippen molar-refractivity contribution in [2.75, 3.05) is 19.6 Å². The van der Waals surface area contributed by atoms with E-state index >= 15 is 0 Å². The van der Waals surface area contributed by atoms with E-state index in [1.807, 2.05) is 28.8 Å². The average Bonchev–Trinajstić information content (AvgIpc) is 3.46. The lowest BCUT2D eigenvalue weighted by molar-refractivity contribution is 0.183. The van der Waals surface area contributed by atoms with Gasteiger partial charge in [-0.3, -0.25) is 4.57 Å². The van der Waals surface area contributed by atoms with E-state index in [1.54, 1.807) is 0 Å². The highest BCUT2D eigenvalue weighted by molar-refractivity contribution is 5.84. The molecule has 0 bridgehead atoms. The van der Waals surface area contributed by atoms with Crippen LogP contribution < -0.4 is 5.69 Å². The number of nitrogens with zero attached hydrogens (tertiary/aromatic N) is 2. The number of fused-ring (bicyclic) bond motifs is 2.